The van der Waals surface area contributed by atoms with Gasteiger partial charge in [0, 0.05) is 10.7 Å². The Morgan fingerprint density at radius 3 is 2.25 bits per heavy atom. The van der Waals surface area contributed by atoms with E-state index in [4.69, 9.17) is 15.4 Å². The monoisotopic (exact) mass is 332 g/mol. The summed E-state index contributed by atoms with van der Waals surface area (Å²) in [6.07, 6.45) is -4.70. The Labute approximate surface area is 118 Å². The summed E-state index contributed by atoms with van der Waals surface area (Å²) < 4.78 is 66.5. The van der Waals surface area contributed by atoms with Crippen LogP contribution in [0, 0.1) is 13.8 Å². The Kier molecular flexibility index (Phi) is 5.28. The molecule has 0 spiro atoms. The highest BCUT2D eigenvalue weighted by molar-refractivity contribution is 8.13. The van der Waals surface area contributed by atoms with Crippen molar-refractivity contribution >= 4 is 19.7 Å². The number of ether oxygens (including phenoxy) is 2. The van der Waals surface area contributed by atoms with E-state index in [1.807, 2.05) is 0 Å². The predicted octanol–water partition coefficient (Wildman–Crippen LogP) is 3.15. The van der Waals surface area contributed by atoms with Crippen LogP contribution in [0.15, 0.2) is 17.0 Å². The van der Waals surface area contributed by atoms with E-state index in [1.165, 1.54) is 19.1 Å². The molecule has 0 aliphatic rings. The molecule has 4 nitrogen and oxygen atoms in total. The third-order valence-electron chi connectivity index (χ3n) is 2.34. The molecular formula is C11H12ClF3O4S. The lowest BCUT2D eigenvalue weighted by Crippen LogP contribution is -2.18. The average molecular weight is 333 g/mol. The standard InChI is InChI=1S/C11H12ClF3O4S/c1-7-6-10(20(12,16)17)8(2)5-9(7)18-3-4-19-11(13,14)15/h5-6H,3-4H2,1-2H3. The lowest BCUT2D eigenvalue weighted by molar-refractivity contribution is -0.325. The molecule has 20 heavy (non-hydrogen) atoms. The molecule has 0 radical (unpaired) electrons. The average Bonchev–Trinajstić information content (AvgIpc) is 2.25. The number of alkyl halides is 3. The second-order valence-electron chi connectivity index (χ2n) is 3.96. The fourth-order valence-corrected chi connectivity index (χ4v) is 2.75. The molecule has 0 aromatic heterocycles. The summed E-state index contributed by atoms with van der Waals surface area (Å²) in [6, 6.07) is 2.70. The number of rotatable bonds is 5. The maximum atomic E-state index is 11.7. The number of hydrogen-bond acceptors (Lipinski definition) is 4. The van der Waals surface area contributed by atoms with Gasteiger partial charge in [0.25, 0.3) is 9.05 Å². The second kappa shape index (κ2) is 6.19. The SMILES string of the molecule is Cc1cc(S(=O)(=O)Cl)c(C)cc1OCCOC(F)(F)F. The summed E-state index contributed by atoms with van der Waals surface area (Å²) in [7, 11) is 1.38. The molecule has 1 rings (SSSR count). The van der Waals surface area contributed by atoms with Crippen molar-refractivity contribution in [3.63, 3.8) is 0 Å². The maximum absolute atomic E-state index is 11.7. The smallest absolute Gasteiger partial charge is 0.491 e. The minimum absolute atomic E-state index is 0.0597. The van der Waals surface area contributed by atoms with Crippen molar-refractivity contribution < 1.29 is 31.1 Å². The number of hydrogen-bond donors (Lipinski definition) is 0. The Hall–Kier alpha value is -0.990. The first-order valence-corrected chi connectivity index (χ1v) is 7.71. The van der Waals surface area contributed by atoms with Crippen LogP contribution in [0.3, 0.4) is 0 Å². The van der Waals surface area contributed by atoms with Crippen molar-refractivity contribution in [3.05, 3.63) is 23.3 Å². The zero-order valence-electron chi connectivity index (χ0n) is 10.6. The van der Waals surface area contributed by atoms with Crippen LogP contribution in [-0.2, 0) is 13.8 Å². The van der Waals surface area contributed by atoms with E-state index in [2.05, 4.69) is 4.74 Å². The van der Waals surface area contributed by atoms with Crippen LogP contribution in [0.5, 0.6) is 5.75 Å². The largest absolute Gasteiger partial charge is 0.522 e. The minimum atomic E-state index is -4.70. The summed E-state index contributed by atoms with van der Waals surface area (Å²) in [5.74, 6) is 0.275. The lowest BCUT2D eigenvalue weighted by Gasteiger charge is -2.13. The zero-order chi connectivity index (χ0) is 15.6. The van der Waals surface area contributed by atoms with Gasteiger partial charge in [-0.2, -0.15) is 0 Å². The molecule has 1 aromatic carbocycles. The van der Waals surface area contributed by atoms with Crippen LogP contribution >= 0.6 is 10.7 Å². The van der Waals surface area contributed by atoms with Gasteiger partial charge in [-0.25, -0.2) is 8.42 Å². The van der Waals surface area contributed by atoms with E-state index in [9.17, 15) is 21.6 Å². The summed E-state index contributed by atoms with van der Waals surface area (Å²) in [5, 5.41) is 0. The highest BCUT2D eigenvalue weighted by Crippen LogP contribution is 2.28. The van der Waals surface area contributed by atoms with Gasteiger partial charge >= 0.3 is 6.36 Å². The van der Waals surface area contributed by atoms with Crippen LogP contribution in [-0.4, -0.2) is 28.0 Å². The van der Waals surface area contributed by atoms with Crippen LogP contribution in [0.25, 0.3) is 0 Å². The van der Waals surface area contributed by atoms with Crippen molar-refractivity contribution in [2.24, 2.45) is 0 Å². The first-order chi connectivity index (χ1) is 9.00. The van der Waals surface area contributed by atoms with E-state index < -0.39 is 22.0 Å². The van der Waals surface area contributed by atoms with Gasteiger partial charge in [0.05, 0.1) is 11.5 Å². The van der Waals surface area contributed by atoms with Crippen molar-refractivity contribution in [3.8, 4) is 5.75 Å². The Morgan fingerprint density at radius 2 is 1.75 bits per heavy atom. The van der Waals surface area contributed by atoms with Gasteiger partial charge < -0.3 is 4.74 Å². The van der Waals surface area contributed by atoms with E-state index >= 15 is 0 Å². The Bertz CT molecular complexity index is 584. The molecule has 0 aliphatic carbocycles. The highest BCUT2D eigenvalue weighted by Gasteiger charge is 2.28. The molecular weight excluding hydrogens is 321 g/mol. The first kappa shape index (κ1) is 17.1. The molecule has 0 fully saturated rings. The number of halogens is 4. The Balaban J connectivity index is 2.76. The number of benzene rings is 1. The van der Waals surface area contributed by atoms with Gasteiger partial charge in [-0.1, -0.05) is 0 Å². The molecule has 0 amide bonds. The fourth-order valence-electron chi connectivity index (χ4n) is 1.49. The molecule has 0 saturated heterocycles. The normalized spacial score (nSPS) is 12.5. The molecule has 0 aliphatic heterocycles. The molecule has 0 N–H and O–H groups in total. The minimum Gasteiger partial charge on any atom is -0.491 e. The van der Waals surface area contributed by atoms with Gasteiger partial charge in [-0.3, -0.25) is 4.74 Å². The zero-order valence-corrected chi connectivity index (χ0v) is 12.2. The third-order valence-corrected chi connectivity index (χ3v) is 3.81. The topological polar surface area (TPSA) is 52.6 Å². The van der Waals surface area contributed by atoms with Gasteiger partial charge in [-0.05, 0) is 37.1 Å². The van der Waals surface area contributed by atoms with Crippen LogP contribution in [0.4, 0.5) is 13.2 Å². The lowest BCUT2D eigenvalue weighted by atomic mass is 10.1. The quantitative estimate of drug-likeness (QED) is 0.614. The van der Waals surface area contributed by atoms with Gasteiger partial charge in [0.15, 0.2) is 0 Å². The highest BCUT2D eigenvalue weighted by atomic mass is 35.7. The van der Waals surface area contributed by atoms with Crippen LogP contribution in [0.2, 0.25) is 0 Å². The summed E-state index contributed by atoms with van der Waals surface area (Å²) in [6.45, 7) is 2.10. The van der Waals surface area contributed by atoms with Crippen molar-refractivity contribution in [1.82, 2.24) is 0 Å². The first-order valence-electron chi connectivity index (χ1n) is 5.40. The van der Waals surface area contributed by atoms with E-state index in [0.29, 0.717) is 11.1 Å². The summed E-state index contributed by atoms with van der Waals surface area (Å²) in [5.41, 5.74) is 0.791. The third kappa shape index (κ3) is 5.18. The van der Waals surface area contributed by atoms with Crippen molar-refractivity contribution in [2.75, 3.05) is 13.2 Å². The van der Waals surface area contributed by atoms with E-state index in [1.54, 1.807) is 6.92 Å². The fraction of sp³-hybridized carbons (Fsp3) is 0.455. The Morgan fingerprint density at radius 1 is 1.15 bits per heavy atom. The summed E-state index contributed by atoms with van der Waals surface area (Å²) in [4.78, 5) is -0.0597. The molecule has 0 heterocycles. The second-order valence-corrected chi connectivity index (χ2v) is 6.50. The molecule has 0 saturated carbocycles. The molecule has 1 aromatic rings. The molecule has 0 unspecified atom stereocenters. The molecule has 114 valence electrons. The number of aryl methyl sites for hydroxylation is 2. The van der Waals surface area contributed by atoms with Gasteiger partial charge in [0.2, 0.25) is 0 Å². The molecule has 0 bridgehead atoms. The predicted molar refractivity (Wildman–Crippen MR) is 66.5 cm³/mol. The molecule has 0 atom stereocenters. The van der Waals surface area contributed by atoms with Gasteiger partial charge in [-0.15, -0.1) is 13.2 Å². The maximum Gasteiger partial charge on any atom is 0.522 e. The summed E-state index contributed by atoms with van der Waals surface area (Å²) >= 11 is 0. The van der Waals surface area contributed by atoms with E-state index in [0.717, 1.165) is 0 Å². The van der Waals surface area contributed by atoms with Crippen molar-refractivity contribution in [1.29, 1.82) is 0 Å². The van der Waals surface area contributed by atoms with Crippen LogP contribution in [0.1, 0.15) is 11.1 Å². The van der Waals surface area contributed by atoms with Crippen LogP contribution < -0.4 is 4.74 Å². The van der Waals surface area contributed by atoms with Crippen molar-refractivity contribution in [2.45, 2.75) is 25.1 Å². The van der Waals surface area contributed by atoms with E-state index in [-0.39, 0.29) is 17.3 Å². The van der Waals surface area contributed by atoms with Gasteiger partial charge in [0.1, 0.15) is 12.4 Å². The molecule has 9 heteroatoms.